The first-order chi connectivity index (χ1) is 12.2. The van der Waals surface area contributed by atoms with Crippen LogP contribution < -0.4 is 10.9 Å². The number of benzene rings is 1. The Morgan fingerprint density at radius 1 is 1.16 bits per heavy atom. The highest BCUT2D eigenvalue weighted by Gasteiger charge is 2.16. The second-order valence-corrected chi connectivity index (χ2v) is 7.65. The molecule has 0 radical (unpaired) electrons. The van der Waals surface area contributed by atoms with Crippen LogP contribution in [0.1, 0.15) is 24.4 Å². The molecule has 0 bridgehead atoms. The Kier molecular flexibility index (Phi) is 4.48. The Balaban J connectivity index is 1.62. The minimum atomic E-state index is -0.0713. The lowest BCUT2D eigenvalue weighted by atomic mass is 10.2. The van der Waals surface area contributed by atoms with Crippen molar-refractivity contribution in [3.63, 3.8) is 0 Å². The van der Waals surface area contributed by atoms with Gasteiger partial charge in [0, 0.05) is 22.4 Å². The van der Waals surface area contributed by atoms with Gasteiger partial charge in [-0.05, 0) is 23.9 Å². The molecule has 25 heavy (non-hydrogen) atoms. The van der Waals surface area contributed by atoms with E-state index in [0.717, 1.165) is 21.8 Å². The lowest BCUT2D eigenvalue weighted by Crippen LogP contribution is -2.23. The highest BCUT2D eigenvalue weighted by atomic mass is 32.1. The fourth-order valence-corrected chi connectivity index (χ4v) is 4.52. The lowest BCUT2D eigenvalue weighted by Gasteiger charge is -2.13. The van der Waals surface area contributed by atoms with Crippen LogP contribution in [0.5, 0.6) is 0 Å². The van der Waals surface area contributed by atoms with Gasteiger partial charge in [-0.2, -0.15) is 0 Å². The molecule has 0 fully saturated rings. The molecule has 0 unspecified atom stereocenters. The fraction of sp³-hybridized carbons (Fsp3) is 0.158. The Morgan fingerprint density at radius 3 is 2.76 bits per heavy atom. The van der Waals surface area contributed by atoms with Gasteiger partial charge in [0.05, 0.1) is 11.4 Å². The number of aromatic amines is 1. The van der Waals surface area contributed by atoms with Gasteiger partial charge >= 0.3 is 0 Å². The van der Waals surface area contributed by atoms with E-state index in [9.17, 15) is 4.79 Å². The van der Waals surface area contributed by atoms with E-state index in [0.29, 0.717) is 11.2 Å². The van der Waals surface area contributed by atoms with Crippen LogP contribution >= 0.6 is 22.7 Å². The molecule has 0 amide bonds. The van der Waals surface area contributed by atoms with Gasteiger partial charge in [-0.15, -0.1) is 22.7 Å². The third-order valence-corrected chi connectivity index (χ3v) is 5.89. The van der Waals surface area contributed by atoms with E-state index in [-0.39, 0.29) is 11.6 Å². The molecule has 4 aromatic rings. The molecular weight excluding hydrogens is 350 g/mol. The van der Waals surface area contributed by atoms with Crippen LogP contribution in [0.15, 0.2) is 58.0 Å². The van der Waals surface area contributed by atoms with E-state index in [2.05, 4.69) is 27.4 Å². The zero-order valence-corrected chi connectivity index (χ0v) is 15.3. The number of nitrogens with one attached hydrogen (secondary N) is 2. The van der Waals surface area contributed by atoms with Crippen molar-refractivity contribution in [3.8, 4) is 10.4 Å². The monoisotopic (exact) mass is 367 g/mol. The van der Waals surface area contributed by atoms with E-state index in [1.54, 1.807) is 11.3 Å². The fourth-order valence-electron chi connectivity index (χ4n) is 2.75. The summed E-state index contributed by atoms with van der Waals surface area (Å²) in [5.74, 6) is 0.674. The van der Waals surface area contributed by atoms with Crippen LogP contribution in [0, 0.1) is 0 Å². The third-order valence-electron chi connectivity index (χ3n) is 4.11. The Hall–Kier alpha value is -2.28. The minimum Gasteiger partial charge on any atom is -0.309 e. The van der Waals surface area contributed by atoms with Crippen molar-refractivity contribution in [2.45, 2.75) is 19.5 Å². The molecule has 1 atom stereocenters. The normalized spacial score (nSPS) is 12.5. The maximum atomic E-state index is 12.6. The van der Waals surface area contributed by atoms with Crippen molar-refractivity contribution in [1.82, 2.24) is 15.3 Å². The van der Waals surface area contributed by atoms with E-state index >= 15 is 0 Å². The first-order valence-corrected chi connectivity index (χ1v) is 9.81. The molecule has 4 rings (SSSR count). The topological polar surface area (TPSA) is 57.8 Å². The highest BCUT2D eigenvalue weighted by molar-refractivity contribution is 7.18. The molecule has 0 spiro atoms. The third kappa shape index (κ3) is 3.28. The van der Waals surface area contributed by atoms with Gasteiger partial charge in [0.2, 0.25) is 0 Å². The average molecular weight is 367 g/mol. The van der Waals surface area contributed by atoms with Gasteiger partial charge in [-0.25, -0.2) is 4.98 Å². The van der Waals surface area contributed by atoms with Gasteiger partial charge in [-0.3, -0.25) is 4.79 Å². The van der Waals surface area contributed by atoms with Crippen LogP contribution in [0.4, 0.5) is 0 Å². The molecule has 0 aliphatic carbocycles. The number of fused-ring (bicyclic) bond motifs is 1. The van der Waals surface area contributed by atoms with Crippen LogP contribution in [0.25, 0.3) is 20.7 Å². The standard InChI is InChI=1S/C19H17N3OS2/c1-12(20-10-13-6-3-2-4-7-13)17-21-18(23)16-14(11-25-19(16)22-17)15-8-5-9-24-15/h2-9,11-12,20H,10H2,1H3,(H,21,22,23)/t12-/m1/s1. The van der Waals surface area contributed by atoms with Gasteiger partial charge in [0.15, 0.2) is 0 Å². The second kappa shape index (κ2) is 6.92. The summed E-state index contributed by atoms with van der Waals surface area (Å²) < 4.78 is 0. The summed E-state index contributed by atoms with van der Waals surface area (Å²) in [4.78, 5) is 22.2. The molecule has 3 aromatic heterocycles. The molecule has 126 valence electrons. The molecular formula is C19H17N3OS2. The highest BCUT2D eigenvalue weighted by Crippen LogP contribution is 2.33. The molecule has 0 saturated carbocycles. The Bertz CT molecular complexity index is 1040. The second-order valence-electron chi connectivity index (χ2n) is 5.85. The molecule has 0 aliphatic rings. The predicted molar refractivity (Wildman–Crippen MR) is 105 cm³/mol. The van der Waals surface area contributed by atoms with Crippen molar-refractivity contribution >= 4 is 32.9 Å². The number of hydrogen-bond acceptors (Lipinski definition) is 5. The Morgan fingerprint density at radius 2 is 2.00 bits per heavy atom. The first-order valence-electron chi connectivity index (χ1n) is 8.05. The predicted octanol–water partition coefficient (Wildman–Crippen LogP) is 4.56. The number of hydrogen-bond donors (Lipinski definition) is 2. The van der Waals surface area contributed by atoms with Gasteiger partial charge < -0.3 is 10.3 Å². The molecule has 3 heterocycles. The van der Waals surface area contributed by atoms with E-state index in [4.69, 9.17) is 0 Å². The van der Waals surface area contributed by atoms with Crippen LogP contribution in [-0.2, 0) is 6.54 Å². The number of rotatable bonds is 5. The van der Waals surface area contributed by atoms with Crippen LogP contribution in [0.3, 0.4) is 0 Å². The molecule has 4 nitrogen and oxygen atoms in total. The lowest BCUT2D eigenvalue weighted by molar-refractivity contribution is 0.547. The first kappa shape index (κ1) is 16.2. The van der Waals surface area contributed by atoms with Crippen molar-refractivity contribution in [3.05, 3.63) is 75.0 Å². The van der Waals surface area contributed by atoms with E-state index < -0.39 is 0 Å². The summed E-state index contributed by atoms with van der Waals surface area (Å²) in [5, 5.41) is 8.14. The van der Waals surface area contributed by atoms with Crippen LogP contribution in [-0.4, -0.2) is 9.97 Å². The van der Waals surface area contributed by atoms with Gasteiger partial charge in [-0.1, -0.05) is 36.4 Å². The van der Waals surface area contributed by atoms with E-state index in [1.807, 2.05) is 48.0 Å². The minimum absolute atomic E-state index is 0.0374. The van der Waals surface area contributed by atoms with Crippen molar-refractivity contribution < 1.29 is 0 Å². The summed E-state index contributed by atoms with van der Waals surface area (Å²) >= 11 is 3.15. The maximum absolute atomic E-state index is 12.6. The summed E-state index contributed by atoms with van der Waals surface area (Å²) in [6.07, 6.45) is 0. The smallest absolute Gasteiger partial charge is 0.260 e. The zero-order chi connectivity index (χ0) is 17.2. The van der Waals surface area contributed by atoms with E-state index in [1.165, 1.54) is 16.9 Å². The quantitative estimate of drug-likeness (QED) is 0.543. The molecule has 0 saturated heterocycles. The van der Waals surface area contributed by atoms with Crippen molar-refractivity contribution in [2.24, 2.45) is 0 Å². The zero-order valence-electron chi connectivity index (χ0n) is 13.7. The number of H-pyrrole nitrogens is 1. The number of thiophene rings is 2. The summed E-state index contributed by atoms with van der Waals surface area (Å²) in [6.45, 7) is 2.75. The molecule has 0 aliphatic heterocycles. The molecule has 1 aromatic carbocycles. The molecule has 6 heteroatoms. The maximum Gasteiger partial charge on any atom is 0.260 e. The van der Waals surface area contributed by atoms with Gasteiger partial charge in [0.25, 0.3) is 5.56 Å². The SMILES string of the molecule is C[C@@H](NCc1ccccc1)c1nc2scc(-c3cccs3)c2c(=O)[nH]1. The number of nitrogens with zero attached hydrogens (tertiary/aromatic N) is 1. The average Bonchev–Trinajstić information content (AvgIpc) is 3.29. The van der Waals surface area contributed by atoms with Gasteiger partial charge in [0.1, 0.15) is 10.7 Å². The van der Waals surface area contributed by atoms with Crippen molar-refractivity contribution in [1.29, 1.82) is 0 Å². The van der Waals surface area contributed by atoms with Crippen molar-refractivity contribution in [2.75, 3.05) is 0 Å². The molecule has 2 N–H and O–H groups in total. The summed E-state index contributed by atoms with van der Waals surface area (Å²) in [6, 6.07) is 14.2. The summed E-state index contributed by atoms with van der Waals surface area (Å²) in [5.41, 5.74) is 2.10. The van der Waals surface area contributed by atoms with Crippen LogP contribution in [0.2, 0.25) is 0 Å². The summed E-state index contributed by atoms with van der Waals surface area (Å²) in [7, 11) is 0. The Labute approximate surface area is 153 Å². The number of aromatic nitrogens is 2. The largest absolute Gasteiger partial charge is 0.309 e.